The van der Waals surface area contributed by atoms with Gasteiger partial charge in [-0.05, 0) is 25.8 Å². The Hall–Kier alpha value is -0.890. The van der Waals surface area contributed by atoms with Crippen molar-refractivity contribution >= 4 is 10.0 Å². The van der Waals surface area contributed by atoms with Crippen LogP contribution in [0.3, 0.4) is 0 Å². The van der Waals surface area contributed by atoms with Crippen LogP contribution in [-0.2, 0) is 21.3 Å². The Morgan fingerprint density at radius 1 is 1.67 bits per heavy atom. The van der Waals surface area contributed by atoms with E-state index in [0.29, 0.717) is 12.3 Å². The van der Waals surface area contributed by atoms with Gasteiger partial charge in [0.15, 0.2) is 0 Å². The number of H-pyrrole nitrogens is 1. The van der Waals surface area contributed by atoms with E-state index < -0.39 is 10.0 Å². The molecule has 18 heavy (non-hydrogen) atoms. The predicted molar refractivity (Wildman–Crippen MR) is 67.4 cm³/mol. The largest absolute Gasteiger partial charge is 0.377 e. The highest BCUT2D eigenvalue weighted by Gasteiger charge is 2.27. The summed E-state index contributed by atoms with van der Waals surface area (Å²) in [6.07, 6.45) is 3.29. The standard InChI is InChI=1S/C11H19N3O3S/c1-8(11-3-2-4-17-11)14-18(15,16)10-5-9(6-12)13-7-10/h5,7-8,11,13-14H,2-4,6,12H2,1H3. The van der Waals surface area contributed by atoms with Gasteiger partial charge in [0, 0.05) is 31.1 Å². The topological polar surface area (TPSA) is 97.2 Å². The zero-order chi connectivity index (χ0) is 13.2. The molecule has 2 heterocycles. The molecule has 1 saturated heterocycles. The number of nitrogens with two attached hydrogens (primary N) is 1. The molecule has 1 aliphatic rings. The van der Waals surface area contributed by atoms with Crippen molar-refractivity contribution in [3.63, 3.8) is 0 Å². The summed E-state index contributed by atoms with van der Waals surface area (Å²) >= 11 is 0. The molecule has 2 atom stereocenters. The summed E-state index contributed by atoms with van der Waals surface area (Å²) in [4.78, 5) is 3.04. The Kier molecular flexibility index (Phi) is 4.06. The van der Waals surface area contributed by atoms with Crippen LogP contribution in [0.25, 0.3) is 0 Å². The van der Waals surface area contributed by atoms with E-state index in [0.717, 1.165) is 12.8 Å². The monoisotopic (exact) mass is 273 g/mol. The lowest BCUT2D eigenvalue weighted by molar-refractivity contribution is 0.0902. The van der Waals surface area contributed by atoms with Crippen molar-refractivity contribution in [2.45, 2.75) is 43.4 Å². The number of sulfonamides is 1. The molecule has 0 saturated carbocycles. The molecule has 1 aliphatic heterocycles. The van der Waals surface area contributed by atoms with Gasteiger partial charge in [-0.3, -0.25) is 0 Å². The second-order valence-electron chi connectivity index (χ2n) is 4.53. The first-order chi connectivity index (χ1) is 8.53. The van der Waals surface area contributed by atoms with Crippen LogP contribution in [-0.4, -0.2) is 32.2 Å². The SMILES string of the molecule is CC(NS(=O)(=O)c1c[nH]c(CN)c1)C1CCCO1. The molecule has 1 aromatic heterocycles. The number of rotatable bonds is 5. The maximum absolute atomic E-state index is 12.1. The van der Waals surface area contributed by atoms with Gasteiger partial charge in [0.2, 0.25) is 10.0 Å². The summed E-state index contributed by atoms with van der Waals surface area (Å²) < 4.78 is 32.3. The molecule has 0 aromatic carbocycles. The normalized spacial score (nSPS) is 22.2. The van der Waals surface area contributed by atoms with Gasteiger partial charge in [0.05, 0.1) is 11.0 Å². The second kappa shape index (κ2) is 5.40. The summed E-state index contributed by atoms with van der Waals surface area (Å²) in [5.74, 6) is 0. The molecule has 6 nitrogen and oxygen atoms in total. The van der Waals surface area contributed by atoms with Gasteiger partial charge >= 0.3 is 0 Å². The minimum atomic E-state index is -3.50. The molecule has 0 aliphatic carbocycles. The Balaban J connectivity index is 2.06. The lowest BCUT2D eigenvalue weighted by atomic mass is 10.1. The van der Waals surface area contributed by atoms with Gasteiger partial charge in [0.1, 0.15) is 0 Å². The first-order valence-corrected chi connectivity index (χ1v) is 7.52. The third-order valence-electron chi connectivity index (χ3n) is 3.11. The third-order valence-corrected chi connectivity index (χ3v) is 4.65. The number of ether oxygens (including phenoxy) is 1. The van der Waals surface area contributed by atoms with E-state index in [9.17, 15) is 8.42 Å². The van der Waals surface area contributed by atoms with Gasteiger partial charge in [0.25, 0.3) is 0 Å². The lowest BCUT2D eigenvalue weighted by Crippen LogP contribution is -2.40. The molecule has 7 heteroatoms. The van der Waals surface area contributed by atoms with E-state index in [1.54, 1.807) is 6.07 Å². The van der Waals surface area contributed by atoms with E-state index >= 15 is 0 Å². The Labute approximate surface area is 107 Å². The number of hydrogen-bond acceptors (Lipinski definition) is 4. The molecule has 0 radical (unpaired) electrons. The Morgan fingerprint density at radius 3 is 3.00 bits per heavy atom. The number of nitrogens with one attached hydrogen (secondary N) is 2. The van der Waals surface area contributed by atoms with Crippen molar-refractivity contribution in [2.75, 3.05) is 6.61 Å². The molecule has 2 rings (SSSR count). The molecule has 1 fully saturated rings. The number of aromatic nitrogens is 1. The summed E-state index contributed by atoms with van der Waals surface area (Å²) in [5, 5.41) is 0. The molecule has 102 valence electrons. The maximum atomic E-state index is 12.1. The van der Waals surface area contributed by atoms with E-state index in [-0.39, 0.29) is 23.6 Å². The first-order valence-electron chi connectivity index (χ1n) is 6.04. The van der Waals surface area contributed by atoms with Crippen LogP contribution in [0.15, 0.2) is 17.2 Å². The van der Waals surface area contributed by atoms with Crippen LogP contribution < -0.4 is 10.5 Å². The molecule has 4 N–H and O–H groups in total. The van der Waals surface area contributed by atoms with Crippen LogP contribution in [0.1, 0.15) is 25.5 Å². The average Bonchev–Trinajstić information content (AvgIpc) is 3.00. The summed E-state index contributed by atoms with van der Waals surface area (Å²) in [5.41, 5.74) is 6.14. The van der Waals surface area contributed by atoms with Gasteiger partial charge in [-0.1, -0.05) is 0 Å². The number of hydrogen-bond donors (Lipinski definition) is 3. The summed E-state index contributed by atoms with van der Waals surface area (Å²) in [6, 6.07) is 1.32. The predicted octanol–water partition coefficient (Wildman–Crippen LogP) is 0.319. The fraction of sp³-hybridized carbons (Fsp3) is 0.636. The smallest absolute Gasteiger partial charge is 0.242 e. The van der Waals surface area contributed by atoms with Crippen LogP contribution in [0.5, 0.6) is 0 Å². The van der Waals surface area contributed by atoms with Gasteiger partial charge in [-0.15, -0.1) is 0 Å². The molecular weight excluding hydrogens is 254 g/mol. The van der Waals surface area contributed by atoms with E-state index in [1.807, 2.05) is 6.92 Å². The fourth-order valence-electron chi connectivity index (χ4n) is 2.08. The van der Waals surface area contributed by atoms with Crippen molar-refractivity contribution in [1.29, 1.82) is 0 Å². The highest BCUT2D eigenvalue weighted by atomic mass is 32.2. The van der Waals surface area contributed by atoms with Crippen LogP contribution in [0.4, 0.5) is 0 Å². The first kappa shape index (κ1) is 13.5. The van der Waals surface area contributed by atoms with Gasteiger partial charge in [-0.2, -0.15) is 0 Å². The zero-order valence-corrected chi connectivity index (χ0v) is 11.2. The third kappa shape index (κ3) is 2.92. The van der Waals surface area contributed by atoms with Crippen LogP contribution >= 0.6 is 0 Å². The molecule has 0 bridgehead atoms. The van der Waals surface area contributed by atoms with Gasteiger partial charge < -0.3 is 15.5 Å². The maximum Gasteiger partial charge on any atom is 0.242 e. The van der Waals surface area contributed by atoms with Crippen molar-refractivity contribution in [3.8, 4) is 0 Å². The molecular formula is C11H19N3O3S. The van der Waals surface area contributed by atoms with E-state index in [1.165, 1.54) is 6.20 Å². The van der Waals surface area contributed by atoms with E-state index in [4.69, 9.17) is 10.5 Å². The van der Waals surface area contributed by atoms with Crippen LogP contribution in [0, 0.1) is 0 Å². The van der Waals surface area contributed by atoms with Crippen molar-refractivity contribution in [2.24, 2.45) is 5.73 Å². The summed E-state index contributed by atoms with van der Waals surface area (Å²) in [7, 11) is -3.50. The van der Waals surface area contributed by atoms with Crippen molar-refractivity contribution in [1.82, 2.24) is 9.71 Å². The van der Waals surface area contributed by atoms with Crippen molar-refractivity contribution in [3.05, 3.63) is 18.0 Å². The average molecular weight is 273 g/mol. The molecule has 1 aromatic rings. The quantitative estimate of drug-likeness (QED) is 0.719. The minimum absolute atomic E-state index is 0.0345. The van der Waals surface area contributed by atoms with E-state index in [2.05, 4.69) is 9.71 Å². The fourth-order valence-corrected chi connectivity index (χ4v) is 3.37. The van der Waals surface area contributed by atoms with Gasteiger partial charge in [-0.25, -0.2) is 13.1 Å². The minimum Gasteiger partial charge on any atom is -0.377 e. The Bertz CT molecular complexity index is 491. The lowest BCUT2D eigenvalue weighted by Gasteiger charge is -2.19. The number of aromatic amines is 1. The molecule has 2 unspecified atom stereocenters. The van der Waals surface area contributed by atoms with Crippen LogP contribution in [0.2, 0.25) is 0 Å². The molecule has 0 amide bonds. The summed E-state index contributed by atoms with van der Waals surface area (Å²) in [6.45, 7) is 2.82. The highest BCUT2D eigenvalue weighted by molar-refractivity contribution is 7.89. The Morgan fingerprint density at radius 2 is 2.44 bits per heavy atom. The van der Waals surface area contributed by atoms with Crippen molar-refractivity contribution < 1.29 is 13.2 Å². The molecule has 0 spiro atoms. The highest BCUT2D eigenvalue weighted by Crippen LogP contribution is 2.18. The zero-order valence-electron chi connectivity index (χ0n) is 10.3. The second-order valence-corrected chi connectivity index (χ2v) is 6.24.